The fraction of sp³-hybridized carbons (Fsp3) is 0.385. The minimum atomic E-state index is -0.339. The number of amides is 1. The van der Waals surface area contributed by atoms with Gasteiger partial charge in [0.15, 0.2) is 5.69 Å². The van der Waals surface area contributed by atoms with E-state index in [1.807, 2.05) is 6.92 Å². The third kappa shape index (κ3) is 2.76. The van der Waals surface area contributed by atoms with Crippen LogP contribution >= 0.6 is 0 Å². The van der Waals surface area contributed by atoms with Gasteiger partial charge >= 0.3 is 6.01 Å². The van der Waals surface area contributed by atoms with E-state index < -0.39 is 0 Å². The Morgan fingerprint density at radius 2 is 2.20 bits per heavy atom. The van der Waals surface area contributed by atoms with Crippen LogP contribution in [0.25, 0.3) is 0 Å². The van der Waals surface area contributed by atoms with E-state index in [0.717, 1.165) is 18.6 Å². The normalized spacial score (nSPS) is 14.1. The Hall–Kier alpha value is -2.44. The third-order valence-corrected chi connectivity index (χ3v) is 2.90. The number of hydrogen-bond acceptors (Lipinski definition) is 6. The molecule has 0 radical (unpaired) electrons. The predicted octanol–water partition coefficient (Wildman–Crippen LogP) is 1.99. The number of aromatic nitrogens is 3. The summed E-state index contributed by atoms with van der Waals surface area (Å²) >= 11 is 0. The summed E-state index contributed by atoms with van der Waals surface area (Å²) in [6.07, 6.45) is 5.17. The first-order valence-corrected chi connectivity index (χ1v) is 6.49. The number of nitrogens with zero attached hydrogens (tertiary/aromatic N) is 3. The Labute approximate surface area is 115 Å². The summed E-state index contributed by atoms with van der Waals surface area (Å²) in [5.41, 5.74) is 0.746. The first kappa shape index (κ1) is 12.6. The van der Waals surface area contributed by atoms with Crippen LogP contribution in [0.15, 0.2) is 23.0 Å². The molecule has 0 bridgehead atoms. The molecule has 1 saturated carbocycles. The molecule has 1 fully saturated rings. The lowest BCUT2D eigenvalue weighted by molar-refractivity contribution is 0.101. The van der Waals surface area contributed by atoms with Gasteiger partial charge in [-0.3, -0.25) is 4.79 Å². The minimum Gasteiger partial charge on any atom is -0.464 e. The molecule has 0 unspecified atom stereocenters. The van der Waals surface area contributed by atoms with Crippen LogP contribution in [0.5, 0.6) is 6.01 Å². The van der Waals surface area contributed by atoms with E-state index in [4.69, 9.17) is 9.26 Å². The van der Waals surface area contributed by atoms with E-state index in [0.29, 0.717) is 18.2 Å². The molecule has 1 amide bonds. The second kappa shape index (κ2) is 5.28. The van der Waals surface area contributed by atoms with Crippen LogP contribution in [0.1, 0.15) is 41.9 Å². The zero-order chi connectivity index (χ0) is 13.9. The summed E-state index contributed by atoms with van der Waals surface area (Å²) in [5.74, 6) is 0.865. The summed E-state index contributed by atoms with van der Waals surface area (Å²) in [6.45, 7) is 2.34. The van der Waals surface area contributed by atoms with Crippen molar-refractivity contribution in [2.24, 2.45) is 0 Å². The van der Waals surface area contributed by atoms with E-state index in [-0.39, 0.29) is 17.6 Å². The van der Waals surface area contributed by atoms with Gasteiger partial charge in [-0.2, -0.15) is 0 Å². The van der Waals surface area contributed by atoms with Crippen LogP contribution in [0.4, 0.5) is 5.69 Å². The highest BCUT2D eigenvalue weighted by Crippen LogP contribution is 2.40. The molecule has 20 heavy (non-hydrogen) atoms. The summed E-state index contributed by atoms with van der Waals surface area (Å²) in [7, 11) is 0. The number of nitrogens with one attached hydrogen (secondary N) is 1. The Morgan fingerprint density at radius 1 is 1.45 bits per heavy atom. The van der Waals surface area contributed by atoms with Gasteiger partial charge in [0.05, 0.1) is 24.7 Å². The van der Waals surface area contributed by atoms with E-state index in [1.165, 1.54) is 12.4 Å². The van der Waals surface area contributed by atoms with E-state index in [9.17, 15) is 4.79 Å². The van der Waals surface area contributed by atoms with Crippen LogP contribution in [-0.4, -0.2) is 27.6 Å². The summed E-state index contributed by atoms with van der Waals surface area (Å²) in [4.78, 5) is 19.9. The maximum atomic E-state index is 12.0. The number of hydrogen-bond donors (Lipinski definition) is 1. The number of ether oxygens (including phenoxy) is 1. The molecule has 7 heteroatoms. The molecule has 0 saturated heterocycles. The molecule has 0 aliphatic heterocycles. The largest absolute Gasteiger partial charge is 0.464 e. The zero-order valence-electron chi connectivity index (χ0n) is 11.0. The van der Waals surface area contributed by atoms with Gasteiger partial charge in [0.1, 0.15) is 5.76 Å². The van der Waals surface area contributed by atoms with Crippen LogP contribution in [0, 0.1) is 0 Å². The molecule has 2 aromatic rings. The van der Waals surface area contributed by atoms with Gasteiger partial charge in [0.25, 0.3) is 5.91 Å². The molecule has 2 aromatic heterocycles. The highest BCUT2D eigenvalue weighted by Gasteiger charge is 2.28. The average Bonchev–Trinajstić information content (AvgIpc) is 3.19. The predicted molar refractivity (Wildman–Crippen MR) is 69.6 cm³/mol. The van der Waals surface area contributed by atoms with Gasteiger partial charge < -0.3 is 14.6 Å². The monoisotopic (exact) mass is 274 g/mol. The molecule has 3 rings (SSSR count). The minimum absolute atomic E-state index is 0.265. The maximum Gasteiger partial charge on any atom is 0.316 e. The van der Waals surface area contributed by atoms with Gasteiger partial charge in [-0.15, -0.1) is 0 Å². The van der Waals surface area contributed by atoms with Crippen molar-refractivity contribution >= 4 is 11.6 Å². The first-order valence-electron chi connectivity index (χ1n) is 6.49. The van der Waals surface area contributed by atoms with Crippen molar-refractivity contribution in [3.63, 3.8) is 0 Å². The molecule has 1 aliphatic carbocycles. The fourth-order valence-corrected chi connectivity index (χ4v) is 1.74. The van der Waals surface area contributed by atoms with Crippen molar-refractivity contribution in [2.75, 3.05) is 11.9 Å². The molecule has 7 nitrogen and oxygen atoms in total. The lowest BCUT2D eigenvalue weighted by Crippen LogP contribution is -2.12. The van der Waals surface area contributed by atoms with Crippen LogP contribution in [0.2, 0.25) is 0 Å². The van der Waals surface area contributed by atoms with Crippen molar-refractivity contribution in [1.82, 2.24) is 15.1 Å². The SMILES string of the molecule is CCOc1ncc(NC(=O)c2cc(C3CC3)on2)cn1. The molecule has 2 heterocycles. The van der Waals surface area contributed by atoms with Crippen molar-refractivity contribution in [2.45, 2.75) is 25.7 Å². The lowest BCUT2D eigenvalue weighted by atomic mass is 10.3. The summed E-state index contributed by atoms with van der Waals surface area (Å²) < 4.78 is 10.3. The number of rotatable bonds is 5. The fourth-order valence-electron chi connectivity index (χ4n) is 1.74. The quantitative estimate of drug-likeness (QED) is 0.896. The van der Waals surface area contributed by atoms with Gasteiger partial charge in [0.2, 0.25) is 0 Å². The highest BCUT2D eigenvalue weighted by molar-refractivity contribution is 6.02. The van der Waals surface area contributed by atoms with E-state index in [1.54, 1.807) is 6.07 Å². The summed E-state index contributed by atoms with van der Waals surface area (Å²) in [6, 6.07) is 1.96. The second-order valence-electron chi connectivity index (χ2n) is 4.53. The highest BCUT2D eigenvalue weighted by atomic mass is 16.5. The lowest BCUT2D eigenvalue weighted by Gasteiger charge is -2.03. The van der Waals surface area contributed by atoms with Crippen molar-refractivity contribution < 1.29 is 14.1 Å². The molecular weight excluding hydrogens is 260 g/mol. The van der Waals surface area contributed by atoms with Crippen molar-refractivity contribution in [3.8, 4) is 6.01 Å². The number of carbonyl (C=O) groups is 1. The Morgan fingerprint density at radius 3 is 2.85 bits per heavy atom. The van der Waals surface area contributed by atoms with Gasteiger partial charge in [-0.25, -0.2) is 9.97 Å². The van der Waals surface area contributed by atoms with Gasteiger partial charge in [-0.05, 0) is 19.8 Å². The first-order chi connectivity index (χ1) is 9.76. The van der Waals surface area contributed by atoms with Gasteiger partial charge in [0, 0.05) is 12.0 Å². The Bertz CT molecular complexity index is 604. The number of anilines is 1. The smallest absolute Gasteiger partial charge is 0.316 e. The molecule has 1 aliphatic rings. The van der Waals surface area contributed by atoms with E-state index >= 15 is 0 Å². The molecule has 0 atom stereocenters. The van der Waals surface area contributed by atoms with E-state index in [2.05, 4.69) is 20.4 Å². The Balaban J connectivity index is 1.64. The number of carbonyl (C=O) groups excluding carboxylic acids is 1. The third-order valence-electron chi connectivity index (χ3n) is 2.90. The maximum absolute atomic E-state index is 12.0. The van der Waals surface area contributed by atoms with Crippen molar-refractivity contribution in [3.05, 3.63) is 29.9 Å². The van der Waals surface area contributed by atoms with Crippen LogP contribution < -0.4 is 10.1 Å². The van der Waals surface area contributed by atoms with Crippen molar-refractivity contribution in [1.29, 1.82) is 0 Å². The average molecular weight is 274 g/mol. The Kier molecular flexibility index (Phi) is 3.32. The zero-order valence-corrected chi connectivity index (χ0v) is 11.0. The van der Waals surface area contributed by atoms with Gasteiger partial charge in [-0.1, -0.05) is 5.16 Å². The molecule has 1 N–H and O–H groups in total. The second-order valence-corrected chi connectivity index (χ2v) is 4.53. The molecular formula is C13H14N4O3. The molecule has 0 spiro atoms. The van der Waals surface area contributed by atoms with Crippen LogP contribution in [-0.2, 0) is 0 Å². The topological polar surface area (TPSA) is 90.1 Å². The molecule has 0 aromatic carbocycles. The van der Waals surface area contributed by atoms with Crippen LogP contribution in [0.3, 0.4) is 0 Å². The summed E-state index contributed by atoms with van der Waals surface area (Å²) in [5, 5.41) is 6.43. The standard InChI is InChI=1S/C13H14N4O3/c1-2-19-13-14-6-9(7-15-13)16-12(18)10-5-11(20-17-10)8-3-4-8/h5-8H,2-4H2,1H3,(H,16,18). The molecule has 104 valence electrons.